The van der Waals surface area contributed by atoms with Crippen molar-refractivity contribution in [3.8, 4) is 0 Å². The molecule has 4 nitrogen and oxygen atoms in total. The summed E-state index contributed by atoms with van der Waals surface area (Å²) >= 11 is 0. The summed E-state index contributed by atoms with van der Waals surface area (Å²) in [6.07, 6.45) is 26.6. The van der Waals surface area contributed by atoms with E-state index in [1.807, 2.05) is 6.08 Å². The third-order valence-corrected chi connectivity index (χ3v) is 5.85. The normalized spacial score (nSPS) is 18.6. The van der Waals surface area contributed by atoms with Crippen LogP contribution in [-0.4, -0.2) is 25.2 Å². The zero-order chi connectivity index (χ0) is 21.7. The van der Waals surface area contributed by atoms with Gasteiger partial charge >= 0.3 is 11.9 Å². The van der Waals surface area contributed by atoms with Crippen LogP contribution in [0.4, 0.5) is 0 Å². The first kappa shape index (κ1) is 26.9. The molecule has 0 bridgehead atoms. The van der Waals surface area contributed by atoms with Crippen molar-refractivity contribution in [2.45, 2.75) is 122 Å². The van der Waals surface area contributed by atoms with E-state index in [4.69, 9.17) is 4.74 Å². The summed E-state index contributed by atoms with van der Waals surface area (Å²) in [5.74, 6) is -0.967. The van der Waals surface area contributed by atoms with Gasteiger partial charge in [0.1, 0.15) is 0 Å². The average Bonchev–Trinajstić information content (AvgIpc) is 3.41. The van der Waals surface area contributed by atoms with E-state index >= 15 is 0 Å². The third kappa shape index (κ3) is 15.6. The van der Waals surface area contributed by atoms with Crippen molar-refractivity contribution in [1.29, 1.82) is 0 Å². The molecule has 4 heteroatoms. The number of unbranched alkanes of at least 4 members (excludes halogenated alkanes) is 13. The van der Waals surface area contributed by atoms with E-state index < -0.39 is 0 Å². The van der Waals surface area contributed by atoms with Crippen LogP contribution in [0.5, 0.6) is 0 Å². The SMILES string of the molecule is C1CCOC1.CCCCCCCCCCCCCCC/C=C/CC1CC(=O)OC1=O. The van der Waals surface area contributed by atoms with Gasteiger partial charge in [0.15, 0.2) is 0 Å². The lowest BCUT2D eigenvalue weighted by atomic mass is 10.0. The molecule has 0 N–H and O–H groups in total. The van der Waals surface area contributed by atoms with Crippen LogP contribution in [0.3, 0.4) is 0 Å². The standard InChI is InChI=1S/C22H38O3.C4H8O/c1-2-3-4-5-6-7-8-9-10-11-12-13-14-15-16-17-18-20-19-21(23)25-22(20)24;1-2-4-5-3-1/h16-17,20H,2-15,18-19H2,1H3;1-4H2/b17-16+;. The monoisotopic (exact) mass is 422 g/mol. The fourth-order valence-corrected chi connectivity index (χ4v) is 3.87. The van der Waals surface area contributed by atoms with Crippen molar-refractivity contribution >= 4 is 11.9 Å². The zero-order valence-electron chi connectivity index (χ0n) is 19.5. The topological polar surface area (TPSA) is 52.6 Å². The van der Waals surface area contributed by atoms with E-state index in [-0.39, 0.29) is 24.3 Å². The molecule has 2 heterocycles. The molecule has 1 unspecified atom stereocenters. The van der Waals surface area contributed by atoms with Crippen molar-refractivity contribution < 1.29 is 19.1 Å². The second kappa shape index (κ2) is 19.8. The van der Waals surface area contributed by atoms with Gasteiger partial charge < -0.3 is 9.47 Å². The molecule has 174 valence electrons. The van der Waals surface area contributed by atoms with Gasteiger partial charge in [-0.15, -0.1) is 0 Å². The molecule has 1 atom stereocenters. The maximum Gasteiger partial charge on any atom is 0.317 e. The average molecular weight is 423 g/mol. The number of esters is 2. The number of carbonyl (C=O) groups is 2. The summed E-state index contributed by atoms with van der Waals surface area (Å²) in [6.45, 7) is 4.27. The van der Waals surface area contributed by atoms with Crippen molar-refractivity contribution in [3.05, 3.63) is 12.2 Å². The Hall–Kier alpha value is -1.16. The van der Waals surface area contributed by atoms with E-state index in [1.54, 1.807) is 0 Å². The summed E-state index contributed by atoms with van der Waals surface area (Å²) in [5.41, 5.74) is 0. The molecule has 0 amide bonds. The van der Waals surface area contributed by atoms with Crippen LogP contribution >= 0.6 is 0 Å². The van der Waals surface area contributed by atoms with Crippen LogP contribution in [0.2, 0.25) is 0 Å². The smallest absolute Gasteiger partial charge is 0.317 e. The van der Waals surface area contributed by atoms with Crippen molar-refractivity contribution in [3.63, 3.8) is 0 Å². The van der Waals surface area contributed by atoms with Crippen molar-refractivity contribution in [2.24, 2.45) is 5.92 Å². The first-order valence-electron chi connectivity index (χ1n) is 12.7. The van der Waals surface area contributed by atoms with Gasteiger partial charge in [0, 0.05) is 13.2 Å². The Balaban J connectivity index is 0.000000780. The minimum absolute atomic E-state index is 0.240. The van der Waals surface area contributed by atoms with E-state index in [1.165, 1.54) is 96.3 Å². The zero-order valence-corrected chi connectivity index (χ0v) is 19.5. The Labute approximate surface area is 185 Å². The minimum atomic E-state index is -0.375. The lowest BCUT2D eigenvalue weighted by Gasteiger charge is -2.02. The van der Waals surface area contributed by atoms with E-state index in [2.05, 4.69) is 17.7 Å². The van der Waals surface area contributed by atoms with Crippen LogP contribution in [0.15, 0.2) is 12.2 Å². The molecule has 0 aromatic carbocycles. The Morgan fingerprint density at radius 2 is 1.30 bits per heavy atom. The molecule has 0 aromatic rings. The Bertz CT molecular complexity index is 446. The molecule has 0 spiro atoms. The van der Waals surface area contributed by atoms with Gasteiger partial charge in [-0.25, -0.2) is 0 Å². The Kier molecular flexibility index (Phi) is 17.7. The number of cyclic esters (lactones) is 2. The highest BCUT2D eigenvalue weighted by atomic mass is 16.6. The maximum atomic E-state index is 11.3. The van der Waals surface area contributed by atoms with Gasteiger partial charge in [-0.2, -0.15) is 0 Å². The predicted octanol–water partition coefficient (Wildman–Crippen LogP) is 7.30. The molecular formula is C26H46O4. The van der Waals surface area contributed by atoms with E-state index in [9.17, 15) is 9.59 Å². The molecule has 2 aliphatic rings. The molecule has 2 fully saturated rings. The van der Waals surface area contributed by atoms with Gasteiger partial charge in [0.25, 0.3) is 0 Å². The minimum Gasteiger partial charge on any atom is -0.393 e. The first-order chi connectivity index (χ1) is 14.7. The fourth-order valence-electron chi connectivity index (χ4n) is 3.87. The number of allylic oxidation sites excluding steroid dienone is 2. The van der Waals surface area contributed by atoms with Gasteiger partial charge in [-0.3, -0.25) is 9.59 Å². The maximum absolute atomic E-state index is 11.3. The summed E-state index contributed by atoms with van der Waals surface area (Å²) < 4.78 is 9.49. The van der Waals surface area contributed by atoms with Crippen LogP contribution in [-0.2, 0) is 19.1 Å². The van der Waals surface area contributed by atoms with Crippen LogP contribution in [0, 0.1) is 5.92 Å². The summed E-state index contributed by atoms with van der Waals surface area (Å²) in [7, 11) is 0. The van der Waals surface area contributed by atoms with Gasteiger partial charge in [0.05, 0.1) is 12.3 Å². The highest BCUT2D eigenvalue weighted by Crippen LogP contribution is 2.20. The molecule has 0 saturated carbocycles. The summed E-state index contributed by atoms with van der Waals surface area (Å²) in [5, 5.41) is 0. The number of ether oxygens (including phenoxy) is 2. The van der Waals surface area contributed by atoms with Crippen LogP contribution in [0.25, 0.3) is 0 Å². The highest BCUT2D eigenvalue weighted by Gasteiger charge is 2.31. The largest absolute Gasteiger partial charge is 0.393 e. The summed E-state index contributed by atoms with van der Waals surface area (Å²) in [6, 6.07) is 0. The number of rotatable bonds is 16. The second-order valence-electron chi connectivity index (χ2n) is 8.75. The molecule has 0 radical (unpaired) electrons. The lowest BCUT2D eigenvalue weighted by molar-refractivity contribution is -0.153. The molecule has 0 aliphatic carbocycles. The van der Waals surface area contributed by atoms with Gasteiger partial charge in [-0.1, -0.05) is 96.1 Å². The fraction of sp³-hybridized carbons (Fsp3) is 0.846. The van der Waals surface area contributed by atoms with Crippen LogP contribution < -0.4 is 0 Å². The van der Waals surface area contributed by atoms with Gasteiger partial charge in [-0.05, 0) is 32.1 Å². The van der Waals surface area contributed by atoms with E-state index in [0.29, 0.717) is 6.42 Å². The Morgan fingerprint density at radius 1 is 0.767 bits per heavy atom. The quantitative estimate of drug-likeness (QED) is 0.113. The number of carbonyl (C=O) groups excluding carboxylic acids is 2. The third-order valence-electron chi connectivity index (χ3n) is 5.85. The summed E-state index contributed by atoms with van der Waals surface area (Å²) in [4.78, 5) is 22.3. The van der Waals surface area contributed by atoms with Crippen LogP contribution in [0.1, 0.15) is 122 Å². The van der Waals surface area contributed by atoms with E-state index in [0.717, 1.165) is 19.6 Å². The van der Waals surface area contributed by atoms with Crippen molar-refractivity contribution in [1.82, 2.24) is 0 Å². The van der Waals surface area contributed by atoms with Crippen molar-refractivity contribution in [2.75, 3.05) is 13.2 Å². The molecular weight excluding hydrogens is 376 g/mol. The molecule has 2 aliphatic heterocycles. The predicted molar refractivity (Wildman–Crippen MR) is 123 cm³/mol. The molecule has 2 saturated heterocycles. The molecule has 0 aromatic heterocycles. The first-order valence-corrected chi connectivity index (χ1v) is 12.7. The second-order valence-corrected chi connectivity index (χ2v) is 8.75. The Morgan fingerprint density at radius 3 is 1.73 bits per heavy atom. The van der Waals surface area contributed by atoms with Gasteiger partial charge in [0.2, 0.25) is 0 Å². The number of hydrogen-bond donors (Lipinski definition) is 0. The highest BCUT2D eigenvalue weighted by molar-refractivity contribution is 5.94. The molecule has 30 heavy (non-hydrogen) atoms. The molecule has 2 rings (SSSR count). The number of hydrogen-bond acceptors (Lipinski definition) is 4. The lowest BCUT2D eigenvalue weighted by Crippen LogP contribution is -2.05.